The van der Waals surface area contributed by atoms with Gasteiger partial charge in [-0.05, 0) is 86.1 Å². The van der Waals surface area contributed by atoms with E-state index >= 15 is 0 Å². The van der Waals surface area contributed by atoms with Crippen LogP contribution in [0.15, 0.2) is 259 Å². The van der Waals surface area contributed by atoms with Gasteiger partial charge in [0.15, 0.2) is 17.5 Å². The Morgan fingerprint density at radius 2 is 0.778 bits per heavy atom. The normalized spacial score (nSPS) is 11.6. The molecule has 3 aromatic heterocycles. The molecule has 0 bridgehead atoms. The van der Waals surface area contributed by atoms with Crippen LogP contribution in [0.4, 0.5) is 0 Å². The quantitative estimate of drug-likeness (QED) is 0.152. The Hall–Kier alpha value is -9.71. The van der Waals surface area contributed by atoms with Crippen molar-refractivity contribution in [1.82, 2.24) is 19.5 Å². The van der Waals surface area contributed by atoms with Crippen molar-refractivity contribution in [3.8, 4) is 84.4 Å². The number of benzene rings is 11. The second-order valence-corrected chi connectivity index (χ2v) is 18.4. The number of hydrogen-bond acceptors (Lipinski definition) is 4. The number of para-hydroxylation sites is 1. The third-order valence-corrected chi connectivity index (χ3v) is 14.1. The maximum absolute atomic E-state index is 6.99. The molecule has 0 aliphatic heterocycles. The van der Waals surface area contributed by atoms with Crippen molar-refractivity contribution in [3.05, 3.63) is 255 Å². The molecule has 0 spiro atoms. The van der Waals surface area contributed by atoms with E-state index < -0.39 is 0 Å². The molecule has 0 saturated heterocycles. The highest BCUT2D eigenvalue weighted by Gasteiger charge is 2.23. The third kappa shape index (κ3) is 7.14. The lowest BCUT2D eigenvalue weighted by atomic mass is 9.95. The SMILES string of the molecule is c1ccc(-c2ccc(-c3nc(-c4ccc(-c5ccccc5)cc4)nc(-c4cccc5oc6cc(-n7c8ccccc8c8cc9ccccc9cc87)c(-c7cccc(-c8ccccc8)c7)cc6c45)n3)cc2)cc1. The molecule has 3 heterocycles. The number of nitrogens with zero attached hydrogens (tertiary/aromatic N) is 4. The van der Waals surface area contributed by atoms with Crippen molar-refractivity contribution in [2.75, 3.05) is 0 Å². The second kappa shape index (κ2) is 17.1. The summed E-state index contributed by atoms with van der Waals surface area (Å²) in [4.78, 5) is 15.8. The summed E-state index contributed by atoms with van der Waals surface area (Å²) in [7, 11) is 0. The van der Waals surface area contributed by atoms with Crippen LogP contribution < -0.4 is 0 Å². The number of hydrogen-bond donors (Lipinski definition) is 0. The lowest BCUT2D eigenvalue weighted by Gasteiger charge is -2.16. The fourth-order valence-corrected chi connectivity index (χ4v) is 10.5. The van der Waals surface area contributed by atoms with E-state index in [4.69, 9.17) is 19.4 Å². The van der Waals surface area contributed by atoms with Crippen molar-refractivity contribution in [1.29, 1.82) is 0 Å². The molecule has 0 atom stereocenters. The minimum Gasteiger partial charge on any atom is -0.456 e. The summed E-state index contributed by atoms with van der Waals surface area (Å²) in [5.41, 5.74) is 16.5. The maximum Gasteiger partial charge on any atom is 0.164 e. The van der Waals surface area contributed by atoms with Gasteiger partial charge in [-0.15, -0.1) is 0 Å². The van der Waals surface area contributed by atoms with E-state index in [0.29, 0.717) is 17.5 Å². The number of rotatable bonds is 8. The average Bonchev–Trinajstić information content (AvgIpc) is 3.99. The predicted octanol–water partition coefficient (Wildman–Crippen LogP) is 17.7. The van der Waals surface area contributed by atoms with E-state index in [0.717, 1.165) is 99.9 Å². The Bertz CT molecular complexity index is 4250. The molecule has 11 aromatic carbocycles. The first-order chi connectivity index (χ1) is 35.7. The van der Waals surface area contributed by atoms with Crippen molar-refractivity contribution in [3.63, 3.8) is 0 Å². The lowest BCUT2D eigenvalue weighted by Crippen LogP contribution is -2.00. The van der Waals surface area contributed by atoms with Crippen LogP contribution in [0.25, 0.3) is 139 Å². The van der Waals surface area contributed by atoms with Crippen LogP contribution in [0.1, 0.15) is 0 Å². The average molecular weight is 919 g/mol. The van der Waals surface area contributed by atoms with Gasteiger partial charge in [-0.2, -0.15) is 0 Å². The molecular formula is C67H42N4O. The van der Waals surface area contributed by atoms with Gasteiger partial charge >= 0.3 is 0 Å². The minimum atomic E-state index is 0.563. The molecule has 0 fully saturated rings. The molecule has 14 aromatic rings. The van der Waals surface area contributed by atoms with Gasteiger partial charge in [-0.25, -0.2) is 15.0 Å². The zero-order chi connectivity index (χ0) is 47.5. The second-order valence-electron chi connectivity index (χ2n) is 18.4. The van der Waals surface area contributed by atoms with Crippen LogP contribution in [-0.2, 0) is 0 Å². The molecule has 0 aliphatic rings. The van der Waals surface area contributed by atoms with E-state index in [2.05, 4.69) is 241 Å². The van der Waals surface area contributed by atoms with Crippen LogP contribution in [0.5, 0.6) is 0 Å². The van der Waals surface area contributed by atoms with Crippen LogP contribution in [0.2, 0.25) is 0 Å². The molecule has 0 amide bonds. The Morgan fingerprint density at radius 1 is 0.278 bits per heavy atom. The van der Waals surface area contributed by atoms with Gasteiger partial charge in [-0.3, -0.25) is 0 Å². The van der Waals surface area contributed by atoms with E-state index in [1.807, 2.05) is 18.2 Å². The third-order valence-electron chi connectivity index (χ3n) is 14.1. The minimum absolute atomic E-state index is 0.563. The summed E-state index contributed by atoms with van der Waals surface area (Å²) in [5, 5.41) is 6.70. The fourth-order valence-electron chi connectivity index (χ4n) is 10.5. The molecular weight excluding hydrogens is 877 g/mol. The first-order valence-electron chi connectivity index (χ1n) is 24.3. The Morgan fingerprint density at radius 3 is 1.43 bits per heavy atom. The van der Waals surface area contributed by atoms with E-state index in [1.54, 1.807) is 0 Å². The molecule has 0 aliphatic carbocycles. The Labute approximate surface area is 415 Å². The molecule has 72 heavy (non-hydrogen) atoms. The predicted molar refractivity (Wildman–Crippen MR) is 297 cm³/mol. The summed E-state index contributed by atoms with van der Waals surface area (Å²) >= 11 is 0. The van der Waals surface area contributed by atoms with E-state index in [9.17, 15) is 0 Å². The fraction of sp³-hybridized carbons (Fsp3) is 0. The van der Waals surface area contributed by atoms with Gasteiger partial charge in [0.1, 0.15) is 11.2 Å². The van der Waals surface area contributed by atoms with Gasteiger partial charge in [-0.1, -0.05) is 212 Å². The van der Waals surface area contributed by atoms with E-state index in [-0.39, 0.29) is 0 Å². The molecule has 336 valence electrons. The lowest BCUT2D eigenvalue weighted by molar-refractivity contribution is 0.668. The number of fused-ring (bicyclic) bond motifs is 7. The van der Waals surface area contributed by atoms with Crippen molar-refractivity contribution < 1.29 is 4.42 Å². The first kappa shape index (κ1) is 41.3. The monoisotopic (exact) mass is 918 g/mol. The molecule has 0 saturated carbocycles. The highest BCUT2D eigenvalue weighted by atomic mass is 16.3. The van der Waals surface area contributed by atoms with E-state index in [1.165, 1.54) is 21.5 Å². The molecule has 14 rings (SSSR count). The molecule has 5 nitrogen and oxygen atoms in total. The Balaban J connectivity index is 1.00. The first-order valence-corrected chi connectivity index (χ1v) is 24.3. The van der Waals surface area contributed by atoms with Crippen molar-refractivity contribution in [2.24, 2.45) is 0 Å². The van der Waals surface area contributed by atoms with Gasteiger partial charge in [0, 0.05) is 49.9 Å². The smallest absolute Gasteiger partial charge is 0.164 e. The highest BCUT2D eigenvalue weighted by Crippen LogP contribution is 2.44. The molecule has 0 N–H and O–H groups in total. The van der Waals surface area contributed by atoms with Gasteiger partial charge < -0.3 is 8.98 Å². The topological polar surface area (TPSA) is 56.7 Å². The van der Waals surface area contributed by atoms with Crippen LogP contribution in [0, 0.1) is 0 Å². The summed E-state index contributed by atoms with van der Waals surface area (Å²) in [6.45, 7) is 0. The molecule has 0 unspecified atom stereocenters. The van der Waals surface area contributed by atoms with Crippen LogP contribution >= 0.6 is 0 Å². The standard InChI is InChI=1S/C67H42N4O/c1-4-16-43(17-5-1)46-30-34-48(35-31-46)65-68-66(49-36-32-47(33-37-49)44-18-6-2-7-19-44)70-67(69-65)55-27-15-29-62-64(55)58-41-56(53-25-14-24-50(38-53)45-20-8-3-9-21-45)61(42-63(58)72-62)71-59-28-13-12-26-54(59)57-39-51-22-10-11-23-52(51)40-60(57)71/h1-42H. The Kier molecular flexibility index (Phi) is 9.78. The van der Waals surface area contributed by atoms with Gasteiger partial charge in [0.25, 0.3) is 0 Å². The number of furan rings is 1. The largest absolute Gasteiger partial charge is 0.456 e. The van der Waals surface area contributed by atoms with Crippen molar-refractivity contribution >= 4 is 54.5 Å². The summed E-state index contributed by atoms with van der Waals surface area (Å²) in [6.07, 6.45) is 0. The highest BCUT2D eigenvalue weighted by molar-refractivity contribution is 6.16. The number of aromatic nitrogens is 4. The van der Waals surface area contributed by atoms with Gasteiger partial charge in [0.2, 0.25) is 0 Å². The molecule has 0 radical (unpaired) electrons. The van der Waals surface area contributed by atoms with Gasteiger partial charge in [0.05, 0.1) is 16.7 Å². The summed E-state index contributed by atoms with van der Waals surface area (Å²) in [5.74, 6) is 1.74. The summed E-state index contributed by atoms with van der Waals surface area (Å²) in [6, 6.07) is 90.0. The zero-order valence-corrected chi connectivity index (χ0v) is 38.9. The van der Waals surface area contributed by atoms with Crippen LogP contribution in [-0.4, -0.2) is 19.5 Å². The maximum atomic E-state index is 6.99. The molecule has 5 heteroatoms. The summed E-state index contributed by atoms with van der Waals surface area (Å²) < 4.78 is 9.41. The zero-order valence-electron chi connectivity index (χ0n) is 38.9. The van der Waals surface area contributed by atoms with Crippen molar-refractivity contribution in [2.45, 2.75) is 0 Å². The van der Waals surface area contributed by atoms with Crippen LogP contribution in [0.3, 0.4) is 0 Å².